The Bertz CT molecular complexity index is 737. The van der Waals surface area contributed by atoms with Gasteiger partial charge in [0.05, 0.1) is 0 Å². The quantitative estimate of drug-likeness (QED) is 0.756. The molecule has 2 aromatic carbocycles. The Balaban J connectivity index is 1.73. The van der Waals surface area contributed by atoms with E-state index in [1.54, 1.807) is 24.3 Å². The van der Waals surface area contributed by atoms with Crippen LogP contribution in [-0.4, -0.2) is 25.1 Å². The Kier molecular flexibility index (Phi) is 6.25. The van der Waals surface area contributed by atoms with Crippen molar-refractivity contribution in [3.8, 4) is 5.75 Å². The van der Waals surface area contributed by atoms with E-state index >= 15 is 0 Å². The van der Waals surface area contributed by atoms with Crippen LogP contribution in [0.25, 0.3) is 0 Å². The molecule has 0 aliphatic carbocycles. The molecule has 5 nitrogen and oxygen atoms in total. The summed E-state index contributed by atoms with van der Waals surface area (Å²) in [6.07, 6.45) is 0. The SMILES string of the molecule is O=C(COC(=O)COc1ccc(Br)cc1)Nc1ccc(F)c(F)c1. The molecule has 0 bridgehead atoms. The number of anilines is 1. The highest BCUT2D eigenvalue weighted by atomic mass is 79.9. The number of esters is 1. The largest absolute Gasteiger partial charge is 0.482 e. The molecule has 0 unspecified atom stereocenters. The van der Waals surface area contributed by atoms with E-state index in [1.165, 1.54) is 6.07 Å². The van der Waals surface area contributed by atoms with Gasteiger partial charge >= 0.3 is 5.97 Å². The molecule has 0 saturated carbocycles. The van der Waals surface area contributed by atoms with Gasteiger partial charge in [-0.05, 0) is 36.4 Å². The number of nitrogens with one attached hydrogen (secondary N) is 1. The molecule has 2 aromatic rings. The summed E-state index contributed by atoms with van der Waals surface area (Å²) in [4.78, 5) is 23.1. The molecular formula is C16H12BrF2NO4. The Hall–Kier alpha value is -2.48. The van der Waals surface area contributed by atoms with Crippen molar-refractivity contribution in [2.75, 3.05) is 18.5 Å². The lowest BCUT2D eigenvalue weighted by molar-refractivity contribution is -0.149. The zero-order valence-corrected chi connectivity index (χ0v) is 13.8. The van der Waals surface area contributed by atoms with Crippen LogP contribution in [0.4, 0.5) is 14.5 Å². The van der Waals surface area contributed by atoms with Gasteiger partial charge in [0, 0.05) is 16.2 Å². The first-order valence-corrected chi connectivity index (χ1v) is 7.52. The molecular weight excluding hydrogens is 388 g/mol. The summed E-state index contributed by atoms with van der Waals surface area (Å²) in [6.45, 7) is -0.929. The predicted octanol–water partition coefficient (Wildman–Crippen LogP) is 3.29. The van der Waals surface area contributed by atoms with Crippen molar-refractivity contribution in [1.29, 1.82) is 0 Å². The number of benzene rings is 2. The molecule has 0 aromatic heterocycles. The highest BCUT2D eigenvalue weighted by Crippen LogP contribution is 2.16. The first kappa shape index (κ1) is 17.9. The normalized spacial score (nSPS) is 10.1. The number of amides is 1. The van der Waals surface area contributed by atoms with Crippen LogP contribution in [0.3, 0.4) is 0 Å². The molecule has 24 heavy (non-hydrogen) atoms. The molecule has 2 rings (SSSR count). The molecule has 1 N–H and O–H groups in total. The van der Waals surface area contributed by atoms with Crippen molar-refractivity contribution in [3.05, 3.63) is 58.6 Å². The molecule has 8 heteroatoms. The van der Waals surface area contributed by atoms with Gasteiger partial charge in [-0.25, -0.2) is 13.6 Å². The van der Waals surface area contributed by atoms with Crippen LogP contribution in [0.1, 0.15) is 0 Å². The first-order chi connectivity index (χ1) is 11.4. The monoisotopic (exact) mass is 399 g/mol. The number of ether oxygens (including phenoxy) is 2. The average molecular weight is 400 g/mol. The van der Waals surface area contributed by atoms with Crippen molar-refractivity contribution in [3.63, 3.8) is 0 Å². The molecule has 0 saturated heterocycles. The maximum absolute atomic E-state index is 13.0. The second-order valence-corrected chi connectivity index (χ2v) is 5.50. The van der Waals surface area contributed by atoms with E-state index in [0.717, 1.165) is 16.6 Å². The third-order valence-electron chi connectivity index (χ3n) is 2.74. The second-order valence-electron chi connectivity index (χ2n) is 4.58. The summed E-state index contributed by atoms with van der Waals surface area (Å²) in [5.41, 5.74) is 0.0565. The lowest BCUT2D eigenvalue weighted by Gasteiger charge is -2.08. The van der Waals surface area contributed by atoms with Crippen molar-refractivity contribution in [1.82, 2.24) is 0 Å². The van der Waals surface area contributed by atoms with Gasteiger partial charge in [-0.3, -0.25) is 4.79 Å². The molecule has 0 heterocycles. The van der Waals surface area contributed by atoms with E-state index in [4.69, 9.17) is 9.47 Å². The van der Waals surface area contributed by atoms with E-state index in [9.17, 15) is 18.4 Å². The molecule has 1 amide bonds. The van der Waals surface area contributed by atoms with E-state index in [-0.39, 0.29) is 12.3 Å². The lowest BCUT2D eigenvalue weighted by Crippen LogP contribution is -2.23. The van der Waals surface area contributed by atoms with Gasteiger partial charge in [0.15, 0.2) is 24.8 Å². The summed E-state index contributed by atoms with van der Waals surface area (Å²) in [5.74, 6) is -3.06. The van der Waals surface area contributed by atoms with E-state index in [2.05, 4.69) is 21.2 Å². The van der Waals surface area contributed by atoms with Crippen LogP contribution in [0, 0.1) is 11.6 Å². The first-order valence-electron chi connectivity index (χ1n) is 6.73. The maximum atomic E-state index is 13.0. The van der Waals surface area contributed by atoms with Crippen molar-refractivity contribution in [2.45, 2.75) is 0 Å². The topological polar surface area (TPSA) is 64.6 Å². The second kappa shape index (κ2) is 8.39. The minimum atomic E-state index is -1.09. The Morgan fingerprint density at radius 3 is 2.38 bits per heavy atom. The number of rotatable bonds is 6. The summed E-state index contributed by atoms with van der Waals surface area (Å²) in [7, 11) is 0. The Labute approximate surface area is 144 Å². The third-order valence-corrected chi connectivity index (χ3v) is 3.27. The fourth-order valence-corrected chi connectivity index (χ4v) is 1.90. The number of halogens is 3. The number of carbonyl (C=O) groups excluding carboxylic acids is 2. The number of hydrogen-bond acceptors (Lipinski definition) is 4. The van der Waals surface area contributed by atoms with Crippen LogP contribution < -0.4 is 10.1 Å². The van der Waals surface area contributed by atoms with Gasteiger partial charge in [-0.15, -0.1) is 0 Å². The van der Waals surface area contributed by atoms with Crippen molar-refractivity contribution in [2.24, 2.45) is 0 Å². The van der Waals surface area contributed by atoms with Crippen LogP contribution in [0.15, 0.2) is 46.9 Å². The minimum absolute atomic E-state index is 0.0565. The standard InChI is InChI=1S/C16H12BrF2NO4/c17-10-1-4-12(5-2-10)23-9-16(22)24-8-15(21)20-11-3-6-13(18)14(19)7-11/h1-7H,8-9H2,(H,20,21). The Morgan fingerprint density at radius 2 is 1.71 bits per heavy atom. The van der Waals surface area contributed by atoms with Crippen LogP contribution in [-0.2, 0) is 14.3 Å². The highest BCUT2D eigenvalue weighted by molar-refractivity contribution is 9.10. The zero-order chi connectivity index (χ0) is 17.5. The molecule has 126 valence electrons. The van der Waals surface area contributed by atoms with Crippen molar-refractivity contribution >= 4 is 33.5 Å². The predicted molar refractivity (Wildman–Crippen MR) is 85.6 cm³/mol. The number of carbonyl (C=O) groups is 2. The van der Waals surface area contributed by atoms with Gasteiger partial charge in [-0.1, -0.05) is 15.9 Å². The third kappa shape index (κ3) is 5.62. The maximum Gasteiger partial charge on any atom is 0.344 e. The van der Waals surface area contributed by atoms with Gasteiger partial charge in [0.1, 0.15) is 5.75 Å². The van der Waals surface area contributed by atoms with Gasteiger partial charge in [0.25, 0.3) is 5.91 Å². The lowest BCUT2D eigenvalue weighted by atomic mass is 10.3. The van der Waals surface area contributed by atoms with E-state index < -0.39 is 30.1 Å². The highest BCUT2D eigenvalue weighted by Gasteiger charge is 2.10. The molecule has 0 fully saturated rings. The summed E-state index contributed by atoms with van der Waals surface area (Å²) in [5, 5.41) is 2.28. The van der Waals surface area contributed by atoms with Gasteiger partial charge in [0.2, 0.25) is 0 Å². The fraction of sp³-hybridized carbons (Fsp3) is 0.125. The van der Waals surface area contributed by atoms with Crippen LogP contribution in [0.5, 0.6) is 5.75 Å². The summed E-state index contributed by atoms with van der Waals surface area (Å²) < 4.78 is 36.5. The zero-order valence-electron chi connectivity index (χ0n) is 12.2. The van der Waals surface area contributed by atoms with Gasteiger partial charge in [-0.2, -0.15) is 0 Å². The molecule has 0 radical (unpaired) electrons. The summed E-state index contributed by atoms with van der Waals surface area (Å²) in [6, 6.07) is 9.70. The fourth-order valence-electron chi connectivity index (χ4n) is 1.63. The van der Waals surface area contributed by atoms with Gasteiger partial charge < -0.3 is 14.8 Å². The van der Waals surface area contributed by atoms with E-state index in [1.807, 2.05) is 0 Å². The minimum Gasteiger partial charge on any atom is -0.482 e. The Morgan fingerprint density at radius 1 is 1.00 bits per heavy atom. The average Bonchev–Trinajstić information content (AvgIpc) is 2.56. The molecule has 0 spiro atoms. The molecule has 0 aliphatic rings. The van der Waals surface area contributed by atoms with Crippen LogP contribution >= 0.6 is 15.9 Å². The van der Waals surface area contributed by atoms with Crippen LogP contribution in [0.2, 0.25) is 0 Å². The summed E-state index contributed by atoms with van der Waals surface area (Å²) >= 11 is 3.27. The van der Waals surface area contributed by atoms with Crippen molar-refractivity contribution < 1.29 is 27.8 Å². The molecule has 0 atom stereocenters. The van der Waals surface area contributed by atoms with E-state index in [0.29, 0.717) is 5.75 Å². The molecule has 0 aliphatic heterocycles. The number of hydrogen-bond donors (Lipinski definition) is 1. The smallest absolute Gasteiger partial charge is 0.344 e.